The molecule has 0 radical (unpaired) electrons. The van der Waals surface area contributed by atoms with Gasteiger partial charge in [-0.1, -0.05) is 53.5 Å². The van der Waals surface area contributed by atoms with Gasteiger partial charge in [-0.05, 0) is 37.0 Å². The molecule has 29 heavy (non-hydrogen) atoms. The Morgan fingerprint density at radius 3 is 2.38 bits per heavy atom. The zero-order valence-electron chi connectivity index (χ0n) is 16.3. The molecule has 154 valence electrons. The number of amides is 2. The summed E-state index contributed by atoms with van der Waals surface area (Å²) in [5.41, 5.74) is 1.40. The number of piperidine rings is 1. The van der Waals surface area contributed by atoms with Crippen LogP contribution in [-0.4, -0.2) is 43.0 Å². The number of likely N-dealkylation sites (tertiary alicyclic amines) is 1. The Labute approximate surface area is 180 Å². The van der Waals surface area contributed by atoms with Crippen LogP contribution < -0.4 is 10.1 Å². The van der Waals surface area contributed by atoms with E-state index in [-0.39, 0.29) is 34.2 Å². The minimum absolute atomic E-state index is 0.0274. The molecule has 7 heteroatoms. The smallest absolute Gasteiger partial charge is 0.256 e. The van der Waals surface area contributed by atoms with Gasteiger partial charge in [0, 0.05) is 25.6 Å². The van der Waals surface area contributed by atoms with E-state index in [2.05, 4.69) is 5.32 Å². The SMILES string of the molecule is COc1c(Cl)ccc(Cl)c1C(=O)NC1CCN(C(=O)CCc2ccccc2)CC1. The van der Waals surface area contributed by atoms with Crippen LogP contribution in [-0.2, 0) is 11.2 Å². The molecule has 0 spiro atoms. The fourth-order valence-electron chi connectivity index (χ4n) is 3.53. The maximum atomic E-state index is 12.7. The van der Waals surface area contributed by atoms with Crippen molar-refractivity contribution < 1.29 is 14.3 Å². The Morgan fingerprint density at radius 2 is 1.72 bits per heavy atom. The molecule has 5 nitrogen and oxygen atoms in total. The standard InChI is InChI=1S/C22H24Cl2N2O3/c1-29-21-18(24)9-8-17(23)20(21)22(28)25-16-11-13-26(14-12-16)19(27)10-7-15-5-3-2-4-6-15/h2-6,8-9,16H,7,10-14H2,1H3,(H,25,28). The van der Waals surface area contributed by atoms with Crippen molar-refractivity contribution in [1.82, 2.24) is 10.2 Å². The minimum Gasteiger partial charge on any atom is -0.494 e. The minimum atomic E-state index is -0.316. The summed E-state index contributed by atoms with van der Waals surface area (Å²) in [6, 6.07) is 13.1. The van der Waals surface area contributed by atoms with Gasteiger partial charge in [0.1, 0.15) is 5.56 Å². The molecule has 2 amide bonds. The van der Waals surface area contributed by atoms with E-state index in [1.54, 1.807) is 12.1 Å². The molecular weight excluding hydrogens is 411 g/mol. The van der Waals surface area contributed by atoms with Crippen LogP contribution in [0.4, 0.5) is 0 Å². The Balaban J connectivity index is 1.52. The number of ether oxygens (including phenoxy) is 1. The highest BCUT2D eigenvalue weighted by Gasteiger charge is 2.26. The van der Waals surface area contributed by atoms with Gasteiger partial charge < -0.3 is 15.0 Å². The first-order valence-corrected chi connectivity index (χ1v) is 10.4. The molecule has 3 rings (SSSR count). The lowest BCUT2D eigenvalue weighted by atomic mass is 10.0. The maximum Gasteiger partial charge on any atom is 0.256 e. The molecule has 1 aliphatic heterocycles. The van der Waals surface area contributed by atoms with Gasteiger partial charge in [-0.3, -0.25) is 9.59 Å². The largest absolute Gasteiger partial charge is 0.494 e. The molecule has 0 aromatic heterocycles. The highest BCUT2D eigenvalue weighted by molar-refractivity contribution is 6.37. The summed E-state index contributed by atoms with van der Waals surface area (Å²) in [5.74, 6) is 0.103. The van der Waals surface area contributed by atoms with Gasteiger partial charge in [0.05, 0.1) is 17.2 Å². The van der Waals surface area contributed by atoms with Crippen LogP contribution in [0, 0.1) is 0 Å². The number of halogens is 2. The number of carbonyl (C=O) groups is 2. The van der Waals surface area contributed by atoms with E-state index >= 15 is 0 Å². The predicted octanol–water partition coefficient (Wildman–Crippen LogP) is 4.36. The Morgan fingerprint density at radius 1 is 1.07 bits per heavy atom. The first kappa shape index (κ1) is 21.5. The van der Waals surface area contributed by atoms with E-state index in [0.717, 1.165) is 12.0 Å². The van der Waals surface area contributed by atoms with Gasteiger partial charge in [-0.25, -0.2) is 0 Å². The van der Waals surface area contributed by atoms with Crippen LogP contribution in [0.15, 0.2) is 42.5 Å². The fourth-order valence-corrected chi connectivity index (χ4v) is 4.00. The topological polar surface area (TPSA) is 58.6 Å². The zero-order valence-corrected chi connectivity index (χ0v) is 17.8. The van der Waals surface area contributed by atoms with Crippen molar-refractivity contribution in [2.45, 2.75) is 31.7 Å². The summed E-state index contributed by atoms with van der Waals surface area (Å²) in [5, 5.41) is 3.62. The van der Waals surface area contributed by atoms with Gasteiger partial charge >= 0.3 is 0 Å². The van der Waals surface area contributed by atoms with E-state index in [0.29, 0.717) is 37.4 Å². The third kappa shape index (κ3) is 5.43. The molecule has 1 saturated heterocycles. The zero-order chi connectivity index (χ0) is 20.8. The second kappa shape index (κ2) is 9.99. The lowest BCUT2D eigenvalue weighted by molar-refractivity contribution is -0.132. The van der Waals surface area contributed by atoms with Crippen molar-refractivity contribution >= 4 is 35.0 Å². The number of carbonyl (C=O) groups excluding carboxylic acids is 2. The summed E-state index contributed by atoms with van der Waals surface area (Å²) in [4.78, 5) is 27.1. The number of benzene rings is 2. The highest BCUT2D eigenvalue weighted by Crippen LogP contribution is 2.34. The van der Waals surface area contributed by atoms with Crippen molar-refractivity contribution in [3.8, 4) is 5.75 Å². The molecule has 1 aliphatic rings. The van der Waals surface area contributed by atoms with E-state index < -0.39 is 0 Å². The number of hydrogen-bond donors (Lipinski definition) is 1. The molecule has 1 heterocycles. The number of nitrogens with zero attached hydrogens (tertiary/aromatic N) is 1. The molecule has 1 fully saturated rings. The monoisotopic (exact) mass is 434 g/mol. The Hall–Kier alpha value is -2.24. The lowest BCUT2D eigenvalue weighted by Crippen LogP contribution is -2.46. The fraction of sp³-hybridized carbons (Fsp3) is 0.364. The predicted molar refractivity (Wildman–Crippen MR) is 115 cm³/mol. The molecule has 0 unspecified atom stereocenters. The van der Waals surface area contributed by atoms with Crippen molar-refractivity contribution in [2.24, 2.45) is 0 Å². The third-order valence-corrected chi connectivity index (χ3v) is 5.76. The van der Waals surface area contributed by atoms with Crippen molar-refractivity contribution in [1.29, 1.82) is 0 Å². The lowest BCUT2D eigenvalue weighted by Gasteiger charge is -2.32. The normalized spacial score (nSPS) is 14.5. The van der Waals surface area contributed by atoms with Crippen LogP contribution in [0.3, 0.4) is 0 Å². The van der Waals surface area contributed by atoms with Gasteiger partial charge in [-0.15, -0.1) is 0 Å². The molecule has 2 aromatic carbocycles. The number of hydrogen-bond acceptors (Lipinski definition) is 3. The van der Waals surface area contributed by atoms with Gasteiger partial charge in [0.15, 0.2) is 5.75 Å². The Bertz CT molecular complexity index is 866. The second-order valence-electron chi connectivity index (χ2n) is 7.05. The Kier molecular flexibility index (Phi) is 7.40. The first-order valence-electron chi connectivity index (χ1n) is 9.64. The summed E-state index contributed by atoms with van der Waals surface area (Å²) in [7, 11) is 1.45. The van der Waals surface area contributed by atoms with Crippen molar-refractivity contribution in [3.05, 3.63) is 63.6 Å². The molecular formula is C22H24Cl2N2O3. The summed E-state index contributed by atoms with van der Waals surface area (Å²) in [6.45, 7) is 1.25. The molecule has 1 N–H and O–H groups in total. The quantitative estimate of drug-likeness (QED) is 0.734. The van der Waals surface area contributed by atoms with Crippen LogP contribution in [0.2, 0.25) is 10.0 Å². The maximum absolute atomic E-state index is 12.7. The van der Waals surface area contributed by atoms with E-state index in [1.807, 2.05) is 35.2 Å². The van der Waals surface area contributed by atoms with Crippen LogP contribution in [0.5, 0.6) is 5.75 Å². The summed E-state index contributed by atoms with van der Waals surface area (Å²) >= 11 is 12.3. The van der Waals surface area contributed by atoms with Gasteiger partial charge in [0.25, 0.3) is 5.91 Å². The number of aryl methyl sites for hydroxylation is 1. The van der Waals surface area contributed by atoms with Crippen molar-refractivity contribution in [3.63, 3.8) is 0 Å². The van der Waals surface area contributed by atoms with Crippen molar-refractivity contribution in [2.75, 3.05) is 20.2 Å². The number of nitrogens with one attached hydrogen (secondary N) is 1. The highest BCUT2D eigenvalue weighted by atomic mass is 35.5. The molecule has 0 saturated carbocycles. The number of rotatable bonds is 6. The van der Waals surface area contributed by atoms with E-state index in [4.69, 9.17) is 27.9 Å². The van der Waals surface area contributed by atoms with E-state index in [9.17, 15) is 9.59 Å². The van der Waals surface area contributed by atoms with Crippen LogP contribution >= 0.6 is 23.2 Å². The third-order valence-electron chi connectivity index (χ3n) is 5.14. The van der Waals surface area contributed by atoms with Crippen LogP contribution in [0.1, 0.15) is 35.2 Å². The average Bonchev–Trinajstić information content (AvgIpc) is 2.74. The molecule has 0 bridgehead atoms. The average molecular weight is 435 g/mol. The summed E-state index contributed by atoms with van der Waals surface area (Å²) in [6.07, 6.45) is 2.63. The second-order valence-corrected chi connectivity index (χ2v) is 7.87. The van der Waals surface area contributed by atoms with Crippen LogP contribution in [0.25, 0.3) is 0 Å². The van der Waals surface area contributed by atoms with Gasteiger partial charge in [-0.2, -0.15) is 0 Å². The van der Waals surface area contributed by atoms with E-state index in [1.165, 1.54) is 7.11 Å². The first-order chi connectivity index (χ1) is 14.0. The van der Waals surface area contributed by atoms with Gasteiger partial charge in [0.2, 0.25) is 5.91 Å². The molecule has 0 aliphatic carbocycles. The molecule has 2 aromatic rings. The number of methoxy groups -OCH3 is 1. The summed E-state index contributed by atoms with van der Waals surface area (Å²) < 4.78 is 5.25. The molecule has 0 atom stereocenters.